The molecule has 0 bridgehead atoms. The first kappa shape index (κ1) is 19.0. The van der Waals surface area contributed by atoms with Crippen molar-refractivity contribution in [3.05, 3.63) is 95.3 Å². The Morgan fingerprint density at radius 2 is 1.83 bits per heavy atom. The lowest BCUT2D eigenvalue weighted by atomic mass is 9.91. The summed E-state index contributed by atoms with van der Waals surface area (Å²) in [5.74, 6) is -0.459. The Labute approximate surface area is 170 Å². The van der Waals surface area contributed by atoms with Gasteiger partial charge in [0.2, 0.25) is 0 Å². The van der Waals surface area contributed by atoms with E-state index in [0.717, 1.165) is 24.1 Å². The molecule has 1 aliphatic rings. The predicted octanol–water partition coefficient (Wildman–Crippen LogP) is 4.44. The Balaban J connectivity index is 1.69. The molecule has 1 amide bonds. The molecular formula is C24H25N3O2. The van der Waals surface area contributed by atoms with Crippen LogP contribution in [0.3, 0.4) is 0 Å². The van der Waals surface area contributed by atoms with Gasteiger partial charge in [-0.25, -0.2) is 4.98 Å². The number of aliphatic hydroxyl groups excluding tert-OH is 1. The highest BCUT2D eigenvalue weighted by molar-refractivity contribution is 6.05. The summed E-state index contributed by atoms with van der Waals surface area (Å²) < 4.78 is 2.00. The van der Waals surface area contributed by atoms with E-state index in [9.17, 15) is 9.90 Å². The molecule has 0 aliphatic carbocycles. The third-order valence-corrected chi connectivity index (χ3v) is 5.61. The van der Waals surface area contributed by atoms with Crippen molar-refractivity contribution in [1.29, 1.82) is 0 Å². The maximum absolute atomic E-state index is 13.0. The molecule has 148 valence electrons. The molecule has 1 aromatic heterocycles. The van der Waals surface area contributed by atoms with Crippen LogP contribution in [0.4, 0.5) is 0 Å². The fourth-order valence-electron chi connectivity index (χ4n) is 3.92. The van der Waals surface area contributed by atoms with Crippen molar-refractivity contribution in [2.75, 3.05) is 6.54 Å². The maximum atomic E-state index is 13.0. The van der Waals surface area contributed by atoms with E-state index < -0.39 is 0 Å². The third-order valence-electron chi connectivity index (χ3n) is 5.61. The van der Waals surface area contributed by atoms with Crippen LogP contribution in [0.5, 0.6) is 0 Å². The molecule has 0 spiro atoms. The number of carbonyl (C=O) groups is 1. The van der Waals surface area contributed by atoms with E-state index in [1.54, 1.807) is 17.4 Å². The van der Waals surface area contributed by atoms with Crippen molar-refractivity contribution >= 4 is 11.5 Å². The lowest BCUT2D eigenvalue weighted by molar-refractivity contribution is -0.129. The van der Waals surface area contributed by atoms with Gasteiger partial charge in [-0.2, -0.15) is 0 Å². The minimum atomic E-state index is -0.308. The molecule has 2 heterocycles. The number of aliphatic hydroxyl groups is 1. The van der Waals surface area contributed by atoms with E-state index >= 15 is 0 Å². The first-order valence-corrected chi connectivity index (χ1v) is 9.88. The van der Waals surface area contributed by atoms with Crippen molar-refractivity contribution < 1.29 is 9.90 Å². The van der Waals surface area contributed by atoms with E-state index in [4.69, 9.17) is 0 Å². The average Bonchev–Trinajstić information content (AvgIpc) is 3.33. The quantitative estimate of drug-likeness (QED) is 0.680. The molecule has 3 aromatic rings. The van der Waals surface area contributed by atoms with Crippen molar-refractivity contribution in [1.82, 2.24) is 14.5 Å². The van der Waals surface area contributed by atoms with Gasteiger partial charge in [0.1, 0.15) is 0 Å². The molecule has 0 fully saturated rings. The van der Waals surface area contributed by atoms with E-state index in [2.05, 4.69) is 37.0 Å². The smallest absolute Gasteiger partial charge is 0.289 e. The lowest BCUT2D eigenvalue weighted by Crippen LogP contribution is -2.32. The second-order valence-corrected chi connectivity index (χ2v) is 7.53. The molecule has 1 atom stereocenters. The molecule has 0 saturated heterocycles. The van der Waals surface area contributed by atoms with Crippen molar-refractivity contribution in [2.45, 2.75) is 32.9 Å². The first-order valence-electron chi connectivity index (χ1n) is 9.88. The van der Waals surface area contributed by atoms with Gasteiger partial charge in [0.25, 0.3) is 5.91 Å². The zero-order chi connectivity index (χ0) is 20.4. The summed E-state index contributed by atoms with van der Waals surface area (Å²) in [5, 5.41) is 10.8. The minimum Gasteiger partial charge on any atom is -0.503 e. The number of amides is 1. The summed E-state index contributed by atoms with van der Waals surface area (Å²) in [5.41, 5.74) is 4.96. The van der Waals surface area contributed by atoms with Gasteiger partial charge in [0.15, 0.2) is 5.76 Å². The summed E-state index contributed by atoms with van der Waals surface area (Å²) >= 11 is 0. The Morgan fingerprint density at radius 1 is 1.03 bits per heavy atom. The highest BCUT2D eigenvalue weighted by Gasteiger charge is 2.40. The van der Waals surface area contributed by atoms with Gasteiger partial charge in [-0.1, -0.05) is 48.5 Å². The number of benzene rings is 2. The Kier molecular flexibility index (Phi) is 5.21. The molecule has 4 rings (SSSR count). The fraction of sp³-hybridized carbons (Fsp3) is 0.250. The standard InChI is InChI=1S/C24H25N3O2/c1-17-9-10-20(15-18(17)2)22-21(19-7-4-3-5-8-19)23(28)24(29)27(22)13-6-12-26-14-11-25-16-26/h3-5,7-11,14-16,22,28H,6,12-13H2,1-2H3. The van der Waals surface area contributed by atoms with Crippen LogP contribution in [0.1, 0.15) is 34.7 Å². The van der Waals surface area contributed by atoms with Gasteiger partial charge in [0, 0.05) is 31.1 Å². The summed E-state index contributed by atoms with van der Waals surface area (Å²) in [6.07, 6.45) is 6.22. The van der Waals surface area contributed by atoms with Crippen LogP contribution in [-0.4, -0.2) is 32.0 Å². The number of hydrogen-bond acceptors (Lipinski definition) is 3. The molecule has 5 nitrogen and oxygen atoms in total. The maximum Gasteiger partial charge on any atom is 0.289 e. The van der Waals surface area contributed by atoms with Gasteiger partial charge in [0.05, 0.1) is 12.4 Å². The molecule has 1 N–H and O–H groups in total. The van der Waals surface area contributed by atoms with Crippen LogP contribution in [0.15, 0.2) is 73.0 Å². The van der Waals surface area contributed by atoms with Gasteiger partial charge < -0.3 is 14.6 Å². The van der Waals surface area contributed by atoms with Crippen LogP contribution in [0.2, 0.25) is 0 Å². The molecule has 29 heavy (non-hydrogen) atoms. The van der Waals surface area contributed by atoms with E-state index in [0.29, 0.717) is 12.1 Å². The zero-order valence-electron chi connectivity index (χ0n) is 16.7. The van der Waals surface area contributed by atoms with Crippen LogP contribution < -0.4 is 0 Å². The topological polar surface area (TPSA) is 58.4 Å². The van der Waals surface area contributed by atoms with E-state index in [1.807, 2.05) is 41.1 Å². The van der Waals surface area contributed by atoms with Crippen LogP contribution in [0.25, 0.3) is 5.57 Å². The number of aromatic nitrogens is 2. The Hall–Kier alpha value is -3.34. The Bertz CT molecular complexity index is 1040. The second-order valence-electron chi connectivity index (χ2n) is 7.53. The predicted molar refractivity (Wildman–Crippen MR) is 113 cm³/mol. The monoisotopic (exact) mass is 387 g/mol. The number of carbonyl (C=O) groups excluding carboxylic acids is 1. The fourth-order valence-corrected chi connectivity index (χ4v) is 3.92. The number of hydrogen-bond donors (Lipinski definition) is 1. The van der Waals surface area contributed by atoms with Crippen molar-refractivity contribution in [3.63, 3.8) is 0 Å². The summed E-state index contributed by atoms with van der Waals surface area (Å²) in [7, 11) is 0. The molecular weight excluding hydrogens is 362 g/mol. The Morgan fingerprint density at radius 3 is 2.52 bits per heavy atom. The molecule has 1 aliphatic heterocycles. The SMILES string of the molecule is Cc1ccc(C2C(c3ccccc3)=C(O)C(=O)N2CCCn2ccnc2)cc1C. The highest BCUT2D eigenvalue weighted by atomic mass is 16.3. The van der Waals surface area contributed by atoms with E-state index in [1.165, 1.54) is 11.1 Å². The van der Waals surface area contributed by atoms with Crippen LogP contribution in [0, 0.1) is 13.8 Å². The van der Waals surface area contributed by atoms with Gasteiger partial charge >= 0.3 is 0 Å². The van der Waals surface area contributed by atoms with Gasteiger partial charge in [-0.15, -0.1) is 0 Å². The zero-order valence-corrected chi connectivity index (χ0v) is 16.7. The molecule has 0 radical (unpaired) electrons. The van der Waals surface area contributed by atoms with Gasteiger partial charge in [-0.3, -0.25) is 4.79 Å². The largest absolute Gasteiger partial charge is 0.503 e. The molecule has 2 aromatic carbocycles. The second kappa shape index (κ2) is 7.95. The average molecular weight is 387 g/mol. The lowest BCUT2D eigenvalue weighted by Gasteiger charge is -2.28. The van der Waals surface area contributed by atoms with Crippen LogP contribution >= 0.6 is 0 Å². The highest BCUT2D eigenvalue weighted by Crippen LogP contribution is 2.43. The first-order chi connectivity index (χ1) is 14.1. The van der Waals surface area contributed by atoms with Crippen molar-refractivity contribution in [2.24, 2.45) is 0 Å². The summed E-state index contributed by atoms with van der Waals surface area (Å²) in [6.45, 7) is 5.47. The number of imidazole rings is 1. The summed E-state index contributed by atoms with van der Waals surface area (Å²) in [4.78, 5) is 18.9. The summed E-state index contributed by atoms with van der Waals surface area (Å²) in [6, 6.07) is 15.7. The van der Waals surface area contributed by atoms with Crippen LogP contribution in [-0.2, 0) is 11.3 Å². The van der Waals surface area contributed by atoms with E-state index in [-0.39, 0.29) is 17.7 Å². The third kappa shape index (κ3) is 3.68. The molecule has 1 unspecified atom stereocenters. The van der Waals surface area contributed by atoms with Gasteiger partial charge in [-0.05, 0) is 42.5 Å². The number of rotatable bonds is 6. The normalized spacial score (nSPS) is 16.7. The molecule has 0 saturated carbocycles. The minimum absolute atomic E-state index is 0.151. The van der Waals surface area contributed by atoms with Crippen molar-refractivity contribution in [3.8, 4) is 0 Å². The number of aryl methyl sites for hydroxylation is 3. The number of nitrogens with zero attached hydrogens (tertiary/aromatic N) is 3. The molecule has 5 heteroatoms.